The van der Waals surface area contributed by atoms with E-state index in [0.717, 1.165) is 57.4 Å². The number of hydrogen-bond donors (Lipinski definition) is 3. The molecule has 2 aromatic rings. The second kappa shape index (κ2) is 11.2. The Bertz CT molecular complexity index is 1240. The molecule has 3 N–H and O–H groups in total. The number of nitrogens with zero attached hydrogens (tertiary/aromatic N) is 4. The number of carbonyl (C=O) groups excluding carboxylic acids is 2. The van der Waals surface area contributed by atoms with Gasteiger partial charge in [0.05, 0.1) is 24.4 Å². The second-order valence-corrected chi connectivity index (χ2v) is 11.0. The first-order valence-corrected chi connectivity index (χ1v) is 13.8. The van der Waals surface area contributed by atoms with Gasteiger partial charge in [-0.15, -0.1) is 6.58 Å². The average molecular weight is 534 g/mol. The van der Waals surface area contributed by atoms with Gasteiger partial charge in [0.25, 0.3) is 5.91 Å². The summed E-state index contributed by atoms with van der Waals surface area (Å²) in [5.41, 5.74) is 1.12. The number of rotatable bonds is 7. The molecule has 10 nitrogen and oxygen atoms in total. The summed E-state index contributed by atoms with van der Waals surface area (Å²) in [6.07, 6.45) is 9.91. The maximum atomic E-state index is 13.4. The predicted molar refractivity (Wildman–Crippen MR) is 153 cm³/mol. The van der Waals surface area contributed by atoms with Gasteiger partial charge in [-0.25, -0.2) is 4.98 Å². The molecule has 0 spiro atoms. The average Bonchev–Trinajstić information content (AvgIpc) is 3.48. The largest absolute Gasteiger partial charge is 0.495 e. The number of fused-ring (bicyclic) bond motifs is 1. The monoisotopic (exact) mass is 533 g/mol. The van der Waals surface area contributed by atoms with Crippen molar-refractivity contribution < 1.29 is 14.3 Å². The molecule has 1 saturated heterocycles. The first kappa shape index (κ1) is 26.9. The summed E-state index contributed by atoms with van der Waals surface area (Å²) in [5, 5.41) is 9.69. The Morgan fingerprint density at radius 2 is 2.05 bits per heavy atom. The van der Waals surface area contributed by atoms with Crippen LogP contribution in [0.3, 0.4) is 0 Å². The van der Waals surface area contributed by atoms with Crippen molar-refractivity contribution in [1.82, 2.24) is 20.6 Å². The van der Waals surface area contributed by atoms with E-state index in [1.54, 1.807) is 49.5 Å². The molecule has 10 heteroatoms. The third-order valence-electron chi connectivity index (χ3n) is 8.23. The van der Waals surface area contributed by atoms with Gasteiger partial charge in [-0.1, -0.05) is 18.9 Å². The van der Waals surface area contributed by atoms with Gasteiger partial charge in [-0.2, -0.15) is 4.98 Å². The summed E-state index contributed by atoms with van der Waals surface area (Å²) in [5.74, 6) is 1.49. The third-order valence-corrected chi connectivity index (χ3v) is 8.23. The molecule has 0 bridgehead atoms. The van der Waals surface area contributed by atoms with Crippen molar-refractivity contribution in [3.63, 3.8) is 0 Å². The number of amides is 2. The van der Waals surface area contributed by atoms with E-state index in [1.807, 2.05) is 6.92 Å². The minimum Gasteiger partial charge on any atom is -0.495 e. The van der Waals surface area contributed by atoms with E-state index in [2.05, 4.69) is 32.4 Å². The smallest absolute Gasteiger partial charge is 0.251 e. The number of hydrogen-bond acceptors (Lipinski definition) is 8. The highest BCUT2D eigenvalue weighted by Gasteiger charge is 2.42. The van der Waals surface area contributed by atoms with E-state index in [4.69, 9.17) is 9.72 Å². The number of nitrogens with one attached hydrogen (secondary N) is 3. The number of ether oxygens (including phenoxy) is 1. The number of methoxy groups -OCH3 is 1. The van der Waals surface area contributed by atoms with Crippen molar-refractivity contribution in [2.45, 2.75) is 57.5 Å². The lowest BCUT2D eigenvalue weighted by Crippen LogP contribution is -2.45. The zero-order valence-electron chi connectivity index (χ0n) is 23.1. The van der Waals surface area contributed by atoms with Gasteiger partial charge in [0.1, 0.15) is 11.4 Å². The summed E-state index contributed by atoms with van der Waals surface area (Å²) in [6.45, 7) is 8.20. The van der Waals surface area contributed by atoms with Gasteiger partial charge < -0.3 is 30.5 Å². The maximum absolute atomic E-state index is 13.4. The SMILES string of the molecule is C=CC1(C)CN(C2CCCC2)c2nc(Nc3ccc(C(=O)N[C@@H]4CCCNC4)cc3OC)ncc2N(C)C1=O. The zero-order chi connectivity index (χ0) is 27.6. The fourth-order valence-electron chi connectivity index (χ4n) is 5.83. The van der Waals surface area contributed by atoms with Crippen molar-refractivity contribution in [1.29, 1.82) is 0 Å². The number of benzene rings is 1. The number of aromatic nitrogens is 2. The molecule has 2 amide bonds. The van der Waals surface area contributed by atoms with Crippen LogP contribution in [0.25, 0.3) is 0 Å². The van der Waals surface area contributed by atoms with E-state index < -0.39 is 5.41 Å². The molecule has 1 aromatic carbocycles. The van der Waals surface area contributed by atoms with Crippen molar-refractivity contribution in [2.24, 2.45) is 5.41 Å². The van der Waals surface area contributed by atoms with E-state index >= 15 is 0 Å². The van der Waals surface area contributed by atoms with Crippen LogP contribution in [0.2, 0.25) is 0 Å². The van der Waals surface area contributed by atoms with Crippen LogP contribution in [0.5, 0.6) is 5.75 Å². The minimum atomic E-state index is -0.737. The Labute approximate surface area is 230 Å². The molecule has 2 fully saturated rings. The van der Waals surface area contributed by atoms with Crippen molar-refractivity contribution in [2.75, 3.05) is 48.9 Å². The Hall–Kier alpha value is -3.66. The standard InChI is InChI=1S/C29H39N7O3/c1-5-29(2)18-36(21-10-6-7-11-21)25-23(35(3)27(29)38)17-31-28(34-25)33-22-13-12-19(15-24(22)39-4)26(37)32-20-9-8-14-30-16-20/h5,12-13,15,17,20-21,30H,1,6-11,14,16,18H2,2-4H3,(H,32,37)(H,31,33,34)/t20-,29?/m1/s1. The van der Waals surface area contributed by atoms with E-state index in [1.165, 1.54) is 0 Å². The van der Waals surface area contributed by atoms with Crippen molar-refractivity contribution >= 4 is 35.0 Å². The van der Waals surface area contributed by atoms with Crippen molar-refractivity contribution in [3.8, 4) is 5.75 Å². The lowest BCUT2D eigenvalue weighted by Gasteiger charge is -2.34. The van der Waals surface area contributed by atoms with Crippen LogP contribution in [-0.4, -0.2) is 67.7 Å². The molecule has 3 aliphatic rings. The van der Waals surface area contributed by atoms with Gasteiger partial charge in [-0.3, -0.25) is 9.59 Å². The van der Waals surface area contributed by atoms with Gasteiger partial charge in [-0.05, 0) is 57.4 Å². The lowest BCUT2D eigenvalue weighted by molar-refractivity contribution is -0.124. The fraction of sp³-hybridized carbons (Fsp3) is 0.517. The Kier molecular flexibility index (Phi) is 7.74. The molecule has 2 atom stereocenters. The number of carbonyl (C=O) groups is 2. The lowest BCUT2D eigenvalue weighted by atomic mass is 9.88. The molecule has 39 heavy (non-hydrogen) atoms. The fourth-order valence-corrected chi connectivity index (χ4v) is 5.83. The van der Waals surface area contributed by atoms with Gasteiger partial charge in [0.2, 0.25) is 11.9 Å². The molecule has 208 valence electrons. The summed E-state index contributed by atoms with van der Waals surface area (Å²) in [6, 6.07) is 5.73. The van der Waals surface area contributed by atoms with Crippen LogP contribution in [0.1, 0.15) is 55.8 Å². The maximum Gasteiger partial charge on any atom is 0.251 e. The van der Waals surface area contributed by atoms with Crippen molar-refractivity contribution in [3.05, 3.63) is 42.6 Å². The summed E-state index contributed by atoms with van der Waals surface area (Å²) in [4.78, 5) is 39.6. The Morgan fingerprint density at radius 1 is 1.26 bits per heavy atom. The molecule has 5 rings (SSSR count). The molecular weight excluding hydrogens is 494 g/mol. The van der Waals surface area contributed by atoms with Gasteiger partial charge in [0, 0.05) is 37.8 Å². The van der Waals surface area contributed by atoms with Gasteiger partial charge in [0.15, 0.2) is 5.82 Å². The normalized spacial score (nSPS) is 23.7. The first-order valence-electron chi connectivity index (χ1n) is 13.8. The molecule has 0 radical (unpaired) electrons. The summed E-state index contributed by atoms with van der Waals surface area (Å²) < 4.78 is 5.62. The Morgan fingerprint density at radius 3 is 2.74 bits per heavy atom. The highest BCUT2D eigenvalue weighted by Crippen LogP contribution is 2.41. The van der Waals surface area contributed by atoms with Gasteiger partial charge >= 0.3 is 0 Å². The van der Waals surface area contributed by atoms with Crippen LogP contribution < -0.4 is 30.5 Å². The number of anilines is 4. The molecule has 1 saturated carbocycles. The summed E-state index contributed by atoms with van der Waals surface area (Å²) in [7, 11) is 3.34. The van der Waals surface area contributed by atoms with E-state index in [0.29, 0.717) is 41.2 Å². The minimum absolute atomic E-state index is 0.0249. The Balaban J connectivity index is 1.42. The quantitative estimate of drug-likeness (QED) is 0.463. The second-order valence-electron chi connectivity index (χ2n) is 11.0. The molecule has 3 heterocycles. The third kappa shape index (κ3) is 5.43. The van der Waals surface area contributed by atoms with Crippen LogP contribution in [0, 0.1) is 5.41 Å². The molecule has 2 aliphatic heterocycles. The van der Waals surface area contributed by atoms with Crippen LogP contribution in [0.15, 0.2) is 37.1 Å². The topological polar surface area (TPSA) is 112 Å². The zero-order valence-corrected chi connectivity index (χ0v) is 23.1. The van der Waals surface area contributed by atoms with E-state index in [9.17, 15) is 9.59 Å². The summed E-state index contributed by atoms with van der Waals surface area (Å²) >= 11 is 0. The van der Waals surface area contributed by atoms with E-state index in [-0.39, 0.29) is 17.9 Å². The molecule has 1 aliphatic carbocycles. The first-order chi connectivity index (χ1) is 18.8. The highest BCUT2D eigenvalue weighted by atomic mass is 16.5. The molecular formula is C29H39N7O3. The molecule has 1 unspecified atom stereocenters. The predicted octanol–water partition coefficient (Wildman–Crippen LogP) is 3.63. The number of piperidine rings is 1. The van der Waals surface area contributed by atoms with Crippen LogP contribution in [-0.2, 0) is 4.79 Å². The molecule has 1 aromatic heterocycles. The van der Waals surface area contributed by atoms with Crippen LogP contribution >= 0.6 is 0 Å². The van der Waals surface area contributed by atoms with Crippen LogP contribution in [0.4, 0.5) is 23.1 Å². The highest BCUT2D eigenvalue weighted by molar-refractivity contribution is 6.02.